The van der Waals surface area contributed by atoms with E-state index in [4.69, 9.17) is 32.5 Å². The fourth-order valence-electron chi connectivity index (χ4n) is 3.42. The van der Waals surface area contributed by atoms with E-state index in [1.165, 1.54) is 0 Å². The van der Waals surface area contributed by atoms with E-state index in [1.54, 1.807) is 13.8 Å². The summed E-state index contributed by atoms with van der Waals surface area (Å²) in [5.74, 6) is -8.97. The van der Waals surface area contributed by atoms with Crippen LogP contribution in [-0.2, 0) is 33.6 Å². The summed E-state index contributed by atoms with van der Waals surface area (Å²) < 4.78 is 0. The zero-order valence-electron chi connectivity index (χ0n) is 23.2. The quantitative estimate of drug-likeness (QED) is 0.0354. The molecule has 14 N–H and O–H groups in total. The molecule has 0 aromatic carbocycles. The van der Waals surface area contributed by atoms with Gasteiger partial charge in [0.15, 0.2) is 5.96 Å². The maximum atomic E-state index is 13.2. The molecule has 0 aromatic heterocycles. The second kappa shape index (κ2) is 18.8. The van der Waals surface area contributed by atoms with Crippen LogP contribution in [0.4, 0.5) is 0 Å². The average molecular weight is 605 g/mol. The predicted molar refractivity (Wildman–Crippen MR) is 144 cm³/mol. The van der Waals surface area contributed by atoms with Crippen molar-refractivity contribution in [2.45, 2.75) is 76.2 Å². The van der Waals surface area contributed by atoms with Crippen molar-refractivity contribution in [3.8, 4) is 0 Å². The molecule has 0 saturated heterocycles. The molecule has 4 amide bonds. The lowest BCUT2D eigenvalue weighted by Crippen LogP contribution is -2.59. The number of nitrogens with one attached hydrogen (secondary N) is 4. The van der Waals surface area contributed by atoms with E-state index in [0.29, 0.717) is 0 Å². The van der Waals surface area contributed by atoms with E-state index >= 15 is 0 Å². The van der Waals surface area contributed by atoms with E-state index in [-0.39, 0.29) is 37.7 Å². The monoisotopic (exact) mass is 604 g/mol. The number of carbonyl (C=O) groups excluding carboxylic acids is 4. The third-order valence-corrected chi connectivity index (χ3v) is 5.46. The topological polar surface area (TPSA) is 339 Å². The Balaban J connectivity index is 5.92. The van der Waals surface area contributed by atoms with Crippen molar-refractivity contribution < 1.29 is 54.0 Å². The summed E-state index contributed by atoms with van der Waals surface area (Å²) in [6.07, 6.45) is -1.59. The maximum Gasteiger partial charge on any atom is 0.328 e. The van der Waals surface area contributed by atoms with Gasteiger partial charge in [-0.25, -0.2) is 4.79 Å². The zero-order chi connectivity index (χ0) is 32.6. The summed E-state index contributed by atoms with van der Waals surface area (Å²) in [6, 6.07) is -7.73. The summed E-state index contributed by atoms with van der Waals surface area (Å²) in [4.78, 5) is 88.4. The lowest BCUT2D eigenvalue weighted by atomic mass is 10.0. The van der Waals surface area contributed by atoms with Crippen LogP contribution >= 0.6 is 0 Å². The fourth-order valence-corrected chi connectivity index (χ4v) is 3.42. The van der Waals surface area contributed by atoms with Gasteiger partial charge in [-0.2, -0.15) is 0 Å². The van der Waals surface area contributed by atoms with Crippen LogP contribution in [0.2, 0.25) is 0 Å². The Bertz CT molecular complexity index is 1020. The Morgan fingerprint density at radius 1 is 0.714 bits per heavy atom. The summed E-state index contributed by atoms with van der Waals surface area (Å²) in [5.41, 5.74) is 16.1. The summed E-state index contributed by atoms with van der Waals surface area (Å²) in [5, 5.41) is 45.1. The molecule has 0 fully saturated rings. The molecule has 0 radical (unpaired) electrons. The van der Waals surface area contributed by atoms with Crippen molar-refractivity contribution in [1.82, 2.24) is 21.3 Å². The van der Waals surface area contributed by atoms with Gasteiger partial charge in [-0.05, 0) is 25.2 Å². The van der Waals surface area contributed by atoms with Crippen molar-refractivity contribution in [1.29, 1.82) is 0 Å². The van der Waals surface area contributed by atoms with E-state index in [1.807, 2.05) is 5.32 Å². The highest BCUT2D eigenvalue weighted by Crippen LogP contribution is 2.09. The lowest BCUT2D eigenvalue weighted by molar-refractivity contribution is -0.144. The molecule has 19 heteroatoms. The van der Waals surface area contributed by atoms with E-state index in [2.05, 4.69) is 20.9 Å². The largest absolute Gasteiger partial charge is 0.481 e. The van der Waals surface area contributed by atoms with E-state index in [9.17, 15) is 38.7 Å². The van der Waals surface area contributed by atoms with Crippen LogP contribution in [0.5, 0.6) is 0 Å². The second-order valence-corrected chi connectivity index (χ2v) is 9.65. The van der Waals surface area contributed by atoms with Crippen molar-refractivity contribution in [2.75, 3.05) is 13.2 Å². The average Bonchev–Trinajstić information content (AvgIpc) is 2.86. The molecule has 0 aromatic rings. The van der Waals surface area contributed by atoms with Crippen molar-refractivity contribution in [3.63, 3.8) is 0 Å². The van der Waals surface area contributed by atoms with Gasteiger partial charge < -0.3 is 58.9 Å². The number of carbonyl (C=O) groups is 7. The highest BCUT2D eigenvalue weighted by Gasteiger charge is 2.33. The number of hydrogen-bond acceptors (Lipinski definition) is 10. The van der Waals surface area contributed by atoms with Crippen LogP contribution in [0.15, 0.2) is 4.99 Å². The molecule has 238 valence electrons. The molecular weight excluding hydrogens is 564 g/mol. The van der Waals surface area contributed by atoms with Crippen LogP contribution in [0.3, 0.4) is 0 Å². The standard InChI is InChI=1S/C23H40N8O11/c1-10(2)6-13(20(39)30-14(8-17(35)36)21(40)31-15(9-32)22(41)42)29-19(38)12(4-3-5-27-23(25)26)28-18(37)11(24)7-16(33)34/h10-15,32H,3-9,24H2,1-2H3,(H,28,37)(H,29,38)(H,30,39)(H,31,40)(H,33,34)(H,35,36)(H,41,42)(H4,25,26,27)/t11-,12-,13?,14-,15-/m0/s1. The number of aliphatic imine (C=N–C) groups is 1. The number of nitrogens with two attached hydrogens (primary N) is 3. The van der Waals surface area contributed by atoms with Crippen molar-refractivity contribution in [2.24, 2.45) is 28.1 Å². The molecule has 1 unspecified atom stereocenters. The first-order chi connectivity index (χ1) is 19.5. The Labute approximate surface area is 240 Å². The lowest BCUT2D eigenvalue weighted by Gasteiger charge is -2.26. The van der Waals surface area contributed by atoms with Gasteiger partial charge >= 0.3 is 17.9 Å². The number of nitrogens with zero attached hydrogens (tertiary/aromatic N) is 1. The molecular formula is C23H40N8O11. The SMILES string of the molecule is CC(C)CC(NC(=O)[C@H](CCCN=C(N)N)NC(=O)[C@@H](N)CC(=O)O)C(=O)N[C@@H](CC(=O)O)C(=O)N[C@@H](CO)C(=O)O. The molecule has 0 saturated carbocycles. The number of aliphatic carboxylic acids is 3. The molecule has 0 aliphatic carbocycles. The fraction of sp³-hybridized carbons (Fsp3) is 0.652. The van der Waals surface area contributed by atoms with Crippen molar-refractivity contribution in [3.05, 3.63) is 0 Å². The first-order valence-corrected chi connectivity index (χ1v) is 12.8. The van der Waals surface area contributed by atoms with Crippen LogP contribution < -0.4 is 38.5 Å². The highest BCUT2D eigenvalue weighted by atomic mass is 16.4. The Kier molecular flexibility index (Phi) is 16.7. The van der Waals surface area contributed by atoms with Crippen LogP contribution in [0.25, 0.3) is 0 Å². The van der Waals surface area contributed by atoms with Crippen molar-refractivity contribution >= 4 is 47.5 Å². The third kappa shape index (κ3) is 15.3. The summed E-state index contributed by atoms with van der Waals surface area (Å²) in [6.45, 7) is 2.46. The summed E-state index contributed by atoms with van der Waals surface area (Å²) in [7, 11) is 0. The number of aliphatic hydroxyl groups is 1. The molecule has 0 aliphatic heterocycles. The first-order valence-electron chi connectivity index (χ1n) is 12.8. The number of rotatable bonds is 20. The van der Waals surface area contributed by atoms with Gasteiger partial charge in [-0.3, -0.25) is 33.8 Å². The highest BCUT2D eigenvalue weighted by molar-refractivity contribution is 5.96. The molecule has 0 heterocycles. The molecule has 19 nitrogen and oxygen atoms in total. The van der Waals surface area contributed by atoms with Gasteiger partial charge in [0.2, 0.25) is 23.6 Å². The van der Waals surface area contributed by atoms with E-state index in [0.717, 1.165) is 0 Å². The molecule has 5 atom stereocenters. The van der Waals surface area contributed by atoms with Gasteiger partial charge in [0.1, 0.15) is 24.2 Å². The molecule has 0 spiro atoms. The minimum atomic E-state index is -1.78. The molecule has 42 heavy (non-hydrogen) atoms. The van der Waals surface area contributed by atoms with Crippen LogP contribution in [-0.4, -0.2) is 111 Å². The van der Waals surface area contributed by atoms with Crippen LogP contribution in [0, 0.1) is 5.92 Å². The minimum Gasteiger partial charge on any atom is -0.481 e. The Hall–Kier alpha value is -4.52. The molecule has 0 rings (SSSR count). The minimum absolute atomic E-state index is 0.0133. The summed E-state index contributed by atoms with van der Waals surface area (Å²) >= 11 is 0. The first kappa shape index (κ1) is 37.5. The normalized spacial score (nSPS) is 14.3. The molecule has 0 bridgehead atoms. The third-order valence-electron chi connectivity index (χ3n) is 5.46. The van der Waals surface area contributed by atoms with Gasteiger partial charge in [0.25, 0.3) is 0 Å². The van der Waals surface area contributed by atoms with Gasteiger partial charge in [0.05, 0.1) is 25.5 Å². The van der Waals surface area contributed by atoms with Crippen LogP contribution in [0.1, 0.15) is 46.0 Å². The number of guanidine groups is 1. The molecule has 0 aliphatic rings. The smallest absolute Gasteiger partial charge is 0.328 e. The predicted octanol–water partition coefficient (Wildman–Crippen LogP) is -4.62. The zero-order valence-corrected chi connectivity index (χ0v) is 23.2. The number of amides is 4. The number of carboxylic acid groups (broad SMARTS) is 3. The Morgan fingerprint density at radius 2 is 1.19 bits per heavy atom. The second-order valence-electron chi connectivity index (χ2n) is 9.65. The van der Waals surface area contributed by atoms with Gasteiger partial charge in [0, 0.05) is 6.54 Å². The van der Waals surface area contributed by atoms with Gasteiger partial charge in [-0.15, -0.1) is 0 Å². The number of aliphatic hydroxyl groups excluding tert-OH is 1. The Morgan fingerprint density at radius 3 is 1.67 bits per heavy atom. The number of carboxylic acids is 3. The number of hydrogen-bond donors (Lipinski definition) is 11. The van der Waals surface area contributed by atoms with E-state index < -0.39 is 91.2 Å². The maximum absolute atomic E-state index is 13.2. The van der Waals surface area contributed by atoms with Gasteiger partial charge in [-0.1, -0.05) is 13.8 Å².